The normalized spacial score (nSPS) is 16.0. The van der Waals surface area contributed by atoms with Crippen molar-refractivity contribution in [2.24, 2.45) is 5.92 Å². The smallest absolute Gasteiger partial charge is 0.239 e. The van der Waals surface area contributed by atoms with E-state index >= 15 is 0 Å². The number of fused-ring (bicyclic) bond motifs is 1. The predicted octanol–water partition coefficient (Wildman–Crippen LogP) is 5.69. The quantitative estimate of drug-likeness (QED) is 0.612. The maximum atomic E-state index is 13.7. The van der Waals surface area contributed by atoms with Gasteiger partial charge in [0, 0.05) is 4.88 Å². The van der Waals surface area contributed by atoms with Gasteiger partial charge in [0.2, 0.25) is 5.91 Å². The third-order valence-electron chi connectivity index (χ3n) is 6.01. The van der Waals surface area contributed by atoms with Gasteiger partial charge in [-0.3, -0.25) is 4.79 Å². The van der Waals surface area contributed by atoms with Crippen LogP contribution in [0.25, 0.3) is 0 Å². The van der Waals surface area contributed by atoms with Crippen LogP contribution in [0.2, 0.25) is 0 Å². The Balaban J connectivity index is 1.75. The molecule has 4 heteroatoms. The van der Waals surface area contributed by atoms with Crippen LogP contribution >= 0.6 is 11.3 Å². The molecule has 4 rings (SSSR count). The van der Waals surface area contributed by atoms with Crippen molar-refractivity contribution in [2.75, 3.05) is 5.32 Å². The molecule has 2 aromatic carbocycles. The summed E-state index contributed by atoms with van der Waals surface area (Å²) in [6.07, 6.45) is 3.00. The van der Waals surface area contributed by atoms with Gasteiger partial charge in [-0.05, 0) is 48.8 Å². The lowest BCUT2D eigenvalue weighted by Gasteiger charge is -2.29. The molecule has 0 unspecified atom stereocenters. The highest BCUT2D eigenvalue weighted by atomic mass is 32.1. The van der Waals surface area contributed by atoms with Crippen molar-refractivity contribution in [2.45, 2.75) is 38.5 Å². The highest BCUT2D eigenvalue weighted by Crippen LogP contribution is 2.41. The molecule has 1 aliphatic carbocycles. The number of amides is 1. The Bertz CT molecular complexity index is 1020. The van der Waals surface area contributed by atoms with Crippen molar-refractivity contribution in [1.82, 2.24) is 0 Å². The average molecular weight is 401 g/mol. The predicted molar refractivity (Wildman–Crippen MR) is 118 cm³/mol. The molecule has 1 N–H and O–H groups in total. The number of thiophene rings is 1. The summed E-state index contributed by atoms with van der Waals surface area (Å²) in [6, 6.07) is 22.0. The molecule has 0 saturated heterocycles. The Labute approximate surface area is 176 Å². The fraction of sp³-hybridized carbons (Fsp3) is 0.280. The van der Waals surface area contributed by atoms with Crippen LogP contribution in [0, 0.1) is 17.2 Å². The Hall–Kier alpha value is -2.90. The number of carbonyl (C=O) groups is 1. The largest absolute Gasteiger partial charge is 0.316 e. The van der Waals surface area contributed by atoms with E-state index in [9.17, 15) is 10.1 Å². The van der Waals surface area contributed by atoms with Crippen molar-refractivity contribution >= 4 is 22.2 Å². The maximum Gasteiger partial charge on any atom is 0.239 e. The Morgan fingerprint density at radius 3 is 2.24 bits per heavy atom. The van der Waals surface area contributed by atoms with Crippen molar-refractivity contribution in [3.8, 4) is 6.07 Å². The number of anilines is 1. The summed E-state index contributed by atoms with van der Waals surface area (Å²) < 4.78 is 0. The van der Waals surface area contributed by atoms with Gasteiger partial charge in [-0.1, -0.05) is 67.6 Å². The minimum Gasteiger partial charge on any atom is -0.316 e. The van der Waals surface area contributed by atoms with Crippen LogP contribution in [0.5, 0.6) is 0 Å². The standard InChI is InChI=1S/C25H24N2OS/c1-17-13-14-20-21(16-26)23(29-22(20)15-17)27-24(28)25(2,18-9-5-3-6-10-18)19-11-7-4-8-12-19/h3-12,17H,13-15H2,1-2H3,(H,27,28)/t17-/m1/s1. The summed E-state index contributed by atoms with van der Waals surface area (Å²) in [7, 11) is 0. The summed E-state index contributed by atoms with van der Waals surface area (Å²) in [5, 5.41) is 13.6. The molecule has 1 heterocycles. The van der Waals surface area contributed by atoms with E-state index in [4.69, 9.17) is 0 Å². The van der Waals surface area contributed by atoms with Crippen LogP contribution in [-0.4, -0.2) is 5.91 Å². The summed E-state index contributed by atoms with van der Waals surface area (Å²) in [5.41, 5.74) is 2.78. The lowest BCUT2D eigenvalue weighted by molar-refractivity contribution is -0.119. The summed E-state index contributed by atoms with van der Waals surface area (Å²) in [5.74, 6) is 0.508. The molecule has 0 aliphatic heterocycles. The molecule has 0 radical (unpaired) electrons. The van der Waals surface area contributed by atoms with E-state index < -0.39 is 5.41 Å². The van der Waals surface area contributed by atoms with E-state index in [2.05, 4.69) is 18.3 Å². The van der Waals surface area contributed by atoms with E-state index in [1.807, 2.05) is 67.6 Å². The number of benzene rings is 2. The SMILES string of the molecule is C[C@@H]1CCc2c(sc(NC(=O)C(C)(c3ccccc3)c3ccccc3)c2C#N)C1. The van der Waals surface area contributed by atoms with Gasteiger partial charge in [0.15, 0.2) is 0 Å². The van der Waals surface area contributed by atoms with Crippen molar-refractivity contribution in [3.05, 3.63) is 87.8 Å². The van der Waals surface area contributed by atoms with Gasteiger partial charge in [-0.25, -0.2) is 0 Å². The van der Waals surface area contributed by atoms with Crippen LogP contribution in [0.1, 0.15) is 47.4 Å². The van der Waals surface area contributed by atoms with Gasteiger partial charge in [0.1, 0.15) is 11.1 Å². The summed E-state index contributed by atoms with van der Waals surface area (Å²) >= 11 is 1.57. The van der Waals surface area contributed by atoms with Crippen LogP contribution in [-0.2, 0) is 23.1 Å². The van der Waals surface area contributed by atoms with E-state index in [1.54, 1.807) is 11.3 Å². The molecule has 1 aliphatic rings. The van der Waals surface area contributed by atoms with Crippen molar-refractivity contribution < 1.29 is 4.79 Å². The lowest BCUT2D eigenvalue weighted by Crippen LogP contribution is -2.38. The minimum atomic E-state index is -0.854. The zero-order chi connectivity index (χ0) is 20.4. The number of rotatable bonds is 4. The second-order valence-corrected chi connectivity index (χ2v) is 9.08. The molecule has 0 saturated carbocycles. The van der Waals surface area contributed by atoms with Gasteiger partial charge in [0.25, 0.3) is 0 Å². The lowest BCUT2D eigenvalue weighted by atomic mass is 9.75. The van der Waals surface area contributed by atoms with Crippen molar-refractivity contribution in [1.29, 1.82) is 5.26 Å². The fourth-order valence-electron chi connectivity index (χ4n) is 4.16. The molecule has 1 aromatic heterocycles. The number of nitrogens with zero attached hydrogens (tertiary/aromatic N) is 1. The van der Waals surface area contributed by atoms with Gasteiger partial charge in [-0.2, -0.15) is 5.26 Å². The number of carbonyl (C=O) groups excluding carboxylic acids is 1. The van der Waals surface area contributed by atoms with Crippen molar-refractivity contribution in [3.63, 3.8) is 0 Å². The molecule has 0 bridgehead atoms. The molecule has 29 heavy (non-hydrogen) atoms. The topological polar surface area (TPSA) is 52.9 Å². The molecular weight excluding hydrogens is 376 g/mol. The monoisotopic (exact) mass is 400 g/mol. The zero-order valence-corrected chi connectivity index (χ0v) is 17.6. The molecule has 0 fully saturated rings. The summed E-state index contributed by atoms with van der Waals surface area (Å²) in [4.78, 5) is 14.9. The van der Waals surface area contributed by atoms with E-state index in [-0.39, 0.29) is 5.91 Å². The molecule has 3 aromatic rings. The average Bonchev–Trinajstić information content (AvgIpc) is 3.10. The Morgan fingerprint density at radius 2 is 1.69 bits per heavy atom. The second-order valence-electron chi connectivity index (χ2n) is 7.98. The molecule has 0 spiro atoms. The van der Waals surface area contributed by atoms with Crippen LogP contribution in [0.15, 0.2) is 60.7 Å². The highest BCUT2D eigenvalue weighted by molar-refractivity contribution is 7.16. The number of hydrogen-bond acceptors (Lipinski definition) is 3. The third-order valence-corrected chi connectivity index (χ3v) is 7.18. The number of hydrogen-bond donors (Lipinski definition) is 1. The minimum absolute atomic E-state index is 0.113. The molecule has 1 atom stereocenters. The molecule has 3 nitrogen and oxygen atoms in total. The first kappa shape index (κ1) is 19.4. The molecule has 1 amide bonds. The highest BCUT2D eigenvalue weighted by Gasteiger charge is 2.38. The van der Waals surface area contributed by atoms with Gasteiger partial charge >= 0.3 is 0 Å². The Kier molecular flexibility index (Phi) is 5.25. The zero-order valence-electron chi connectivity index (χ0n) is 16.7. The van der Waals surface area contributed by atoms with Crippen LogP contribution in [0.4, 0.5) is 5.00 Å². The molecular formula is C25H24N2OS. The number of nitrogens with one attached hydrogen (secondary N) is 1. The number of nitriles is 1. The first-order valence-corrected chi connectivity index (χ1v) is 10.8. The Morgan fingerprint density at radius 1 is 1.10 bits per heavy atom. The molecule has 146 valence electrons. The van der Waals surface area contributed by atoms with Gasteiger partial charge < -0.3 is 5.32 Å². The van der Waals surface area contributed by atoms with E-state index in [1.165, 1.54) is 4.88 Å². The maximum absolute atomic E-state index is 13.7. The third kappa shape index (κ3) is 3.47. The summed E-state index contributed by atoms with van der Waals surface area (Å²) in [6.45, 7) is 4.20. The van der Waals surface area contributed by atoms with Crippen LogP contribution in [0.3, 0.4) is 0 Å². The fourth-order valence-corrected chi connectivity index (χ4v) is 5.51. The van der Waals surface area contributed by atoms with Crippen LogP contribution < -0.4 is 5.32 Å². The first-order valence-electron chi connectivity index (χ1n) is 10.0. The van der Waals surface area contributed by atoms with E-state index in [0.717, 1.165) is 36.0 Å². The first-order chi connectivity index (χ1) is 14.0. The second kappa shape index (κ2) is 7.85. The van der Waals surface area contributed by atoms with Gasteiger partial charge in [-0.15, -0.1) is 11.3 Å². The van der Waals surface area contributed by atoms with Gasteiger partial charge in [0.05, 0.1) is 11.0 Å². The van der Waals surface area contributed by atoms with E-state index in [0.29, 0.717) is 16.5 Å².